The topological polar surface area (TPSA) is 75.6 Å². The molecule has 0 bridgehead atoms. The molecule has 0 radical (unpaired) electrons. The molecule has 1 atom stereocenters. The molecule has 5 heteroatoms. The van der Waals surface area contributed by atoms with Crippen molar-refractivity contribution in [3.63, 3.8) is 0 Å². The van der Waals surface area contributed by atoms with Crippen LogP contribution in [0.4, 0.5) is 4.79 Å². The van der Waals surface area contributed by atoms with Gasteiger partial charge < -0.3 is 15.2 Å². The van der Waals surface area contributed by atoms with Crippen LogP contribution in [0.5, 0.6) is 0 Å². The molecular formula is C12H19NO4. The van der Waals surface area contributed by atoms with E-state index in [1.807, 2.05) is 6.08 Å². The van der Waals surface area contributed by atoms with E-state index >= 15 is 0 Å². The molecule has 0 aromatic rings. The van der Waals surface area contributed by atoms with Gasteiger partial charge in [0.05, 0.1) is 0 Å². The van der Waals surface area contributed by atoms with Crippen molar-refractivity contribution in [1.82, 2.24) is 5.32 Å². The van der Waals surface area contributed by atoms with Crippen molar-refractivity contribution in [2.24, 2.45) is 0 Å². The second kappa shape index (κ2) is 4.77. The Morgan fingerprint density at radius 1 is 1.35 bits per heavy atom. The van der Waals surface area contributed by atoms with Crippen molar-refractivity contribution in [3.8, 4) is 0 Å². The summed E-state index contributed by atoms with van der Waals surface area (Å²) in [5.41, 5.74) is -1.86. The van der Waals surface area contributed by atoms with Crippen LogP contribution in [-0.4, -0.2) is 28.3 Å². The minimum Gasteiger partial charge on any atom is -0.479 e. The number of aliphatic carboxylic acids is 1. The Morgan fingerprint density at radius 2 is 2.00 bits per heavy atom. The molecule has 5 nitrogen and oxygen atoms in total. The second-order valence-corrected chi connectivity index (χ2v) is 5.23. The number of amides is 1. The summed E-state index contributed by atoms with van der Waals surface area (Å²) in [4.78, 5) is 22.9. The fraction of sp³-hybridized carbons (Fsp3) is 0.667. The highest BCUT2D eigenvalue weighted by Crippen LogP contribution is 2.24. The number of carboxylic acids is 1. The number of carbonyl (C=O) groups excluding carboxylic acids is 1. The average Bonchev–Trinajstić information content (AvgIpc) is 2.15. The highest BCUT2D eigenvalue weighted by Gasteiger charge is 2.40. The number of rotatable bonds is 2. The smallest absolute Gasteiger partial charge is 0.408 e. The summed E-state index contributed by atoms with van der Waals surface area (Å²) >= 11 is 0. The Bertz CT molecular complexity index is 343. The molecule has 2 N–H and O–H groups in total. The molecule has 96 valence electrons. The summed E-state index contributed by atoms with van der Waals surface area (Å²) in [6, 6.07) is 0. The number of carboxylic acid groups (broad SMARTS) is 1. The van der Waals surface area contributed by atoms with Crippen LogP contribution in [0.3, 0.4) is 0 Å². The first-order valence-corrected chi connectivity index (χ1v) is 5.65. The average molecular weight is 241 g/mol. The molecule has 0 saturated carbocycles. The van der Waals surface area contributed by atoms with Gasteiger partial charge in [-0.15, -0.1) is 0 Å². The second-order valence-electron chi connectivity index (χ2n) is 5.23. The summed E-state index contributed by atoms with van der Waals surface area (Å²) in [7, 11) is 0. The molecule has 1 amide bonds. The summed E-state index contributed by atoms with van der Waals surface area (Å²) in [6.07, 6.45) is 4.32. The van der Waals surface area contributed by atoms with E-state index in [-0.39, 0.29) is 0 Å². The minimum absolute atomic E-state index is 0.293. The minimum atomic E-state index is -1.23. The van der Waals surface area contributed by atoms with Crippen LogP contribution in [0.15, 0.2) is 12.2 Å². The number of allylic oxidation sites excluding steroid dienone is 1. The molecule has 1 aliphatic rings. The lowest BCUT2D eigenvalue weighted by atomic mass is 9.86. The fourth-order valence-corrected chi connectivity index (χ4v) is 1.69. The molecule has 1 aliphatic carbocycles. The Kier molecular flexibility index (Phi) is 3.80. The van der Waals surface area contributed by atoms with Crippen molar-refractivity contribution < 1.29 is 19.4 Å². The molecule has 0 saturated heterocycles. The molecule has 0 aromatic heterocycles. The zero-order chi connectivity index (χ0) is 13.1. The molecule has 0 aliphatic heterocycles. The van der Waals surface area contributed by atoms with E-state index in [4.69, 9.17) is 4.74 Å². The van der Waals surface area contributed by atoms with Gasteiger partial charge in [0.1, 0.15) is 11.1 Å². The lowest BCUT2D eigenvalue weighted by Gasteiger charge is -2.32. The van der Waals surface area contributed by atoms with Crippen LogP contribution in [0.2, 0.25) is 0 Å². The largest absolute Gasteiger partial charge is 0.479 e. The van der Waals surface area contributed by atoms with Crippen molar-refractivity contribution in [2.45, 2.75) is 51.2 Å². The quantitative estimate of drug-likeness (QED) is 0.726. The van der Waals surface area contributed by atoms with E-state index in [9.17, 15) is 14.7 Å². The number of hydrogen-bond acceptors (Lipinski definition) is 3. The van der Waals surface area contributed by atoms with Gasteiger partial charge in [-0.1, -0.05) is 12.2 Å². The number of ether oxygens (including phenoxy) is 1. The first kappa shape index (κ1) is 13.5. The number of nitrogens with one attached hydrogen (secondary N) is 1. The molecule has 17 heavy (non-hydrogen) atoms. The SMILES string of the molecule is CC(C)(C)OC(=O)N[C@]1(C(=O)O)CC=CCC1. The van der Waals surface area contributed by atoms with E-state index in [0.29, 0.717) is 19.3 Å². The van der Waals surface area contributed by atoms with Gasteiger partial charge in [0.2, 0.25) is 0 Å². The van der Waals surface area contributed by atoms with Crippen LogP contribution in [-0.2, 0) is 9.53 Å². The number of carbonyl (C=O) groups is 2. The van der Waals surface area contributed by atoms with Gasteiger partial charge in [-0.3, -0.25) is 0 Å². The highest BCUT2D eigenvalue weighted by atomic mass is 16.6. The van der Waals surface area contributed by atoms with Gasteiger partial charge in [-0.05, 0) is 40.0 Å². The first-order valence-electron chi connectivity index (χ1n) is 5.65. The van der Waals surface area contributed by atoms with Gasteiger partial charge in [0.15, 0.2) is 0 Å². The Morgan fingerprint density at radius 3 is 2.41 bits per heavy atom. The standard InChI is InChI=1S/C12H19NO4/c1-11(2,3)17-10(16)13-12(9(14)15)7-5-4-6-8-12/h4-5H,6-8H2,1-3H3,(H,13,16)(H,14,15)/t12-/m1/s1. The third-order valence-corrected chi connectivity index (χ3v) is 2.52. The summed E-state index contributed by atoms with van der Waals surface area (Å²) < 4.78 is 5.08. The number of alkyl carbamates (subject to hydrolysis) is 1. The van der Waals surface area contributed by atoms with Crippen LogP contribution in [0, 0.1) is 0 Å². The molecule has 0 aromatic carbocycles. The van der Waals surface area contributed by atoms with E-state index in [1.54, 1.807) is 26.8 Å². The third-order valence-electron chi connectivity index (χ3n) is 2.52. The van der Waals surface area contributed by atoms with Gasteiger partial charge in [-0.2, -0.15) is 0 Å². The Hall–Kier alpha value is -1.52. The molecule has 1 rings (SSSR count). The van der Waals surface area contributed by atoms with E-state index in [0.717, 1.165) is 0 Å². The normalized spacial score (nSPS) is 24.2. The molecule has 0 heterocycles. The third kappa shape index (κ3) is 3.76. The fourth-order valence-electron chi connectivity index (χ4n) is 1.69. The van der Waals surface area contributed by atoms with Crippen molar-refractivity contribution in [3.05, 3.63) is 12.2 Å². The maximum absolute atomic E-state index is 11.6. The molecular weight excluding hydrogens is 222 g/mol. The zero-order valence-corrected chi connectivity index (χ0v) is 10.4. The Balaban J connectivity index is 2.71. The maximum Gasteiger partial charge on any atom is 0.408 e. The van der Waals surface area contributed by atoms with E-state index < -0.39 is 23.2 Å². The van der Waals surface area contributed by atoms with Gasteiger partial charge in [-0.25, -0.2) is 9.59 Å². The summed E-state index contributed by atoms with van der Waals surface area (Å²) in [6.45, 7) is 5.21. The monoisotopic (exact) mass is 241 g/mol. The van der Waals surface area contributed by atoms with Gasteiger partial charge in [0.25, 0.3) is 0 Å². The molecule has 0 spiro atoms. The number of hydrogen-bond donors (Lipinski definition) is 2. The van der Waals surface area contributed by atoms with Gasteiger partial charge in [0, 0.05) is 0 Å². The predicted molar refractivity (Wildman–Crippen MR) is 62.7 cm³/mol. The highest BCUT2D eigenvalue weighted by molar-refractivity contribution is 5.84. The van der Waals surface area contributed by atoms with Crippen molar-refractivity contribution in [2.75, 3.05) is 0 Å². The van der Waals surface area contributed by atoms with E-state index in [2.05, 4.69) is 5.32 Å². The lowest BCUT2D eigenvalue weighted by Crippen LogP contribution is -2.55. The van der Waals surface area contributed by atoms with Crippen molar-refractivity contribution in [1.29, 1.82) is 0 Å². The first-order chi connectivity index (χ1) is 7.75. The summed E-state index contributed by atoms with van der Waals surface area (Å²) in [5, 5.41) is 11.7. The van der Waals surface area contributed by atoms with Crippen molar-refractivity contribution >= 4 is 12.1 Å². The van der Waals surface area contributed by atoms with Crippen LogP contribution in [0.1, 0.15) is 40.0 Å². The predicted octanol–water partition coefficient (Wildman–Crippen LogP) is 2.07. The Labute approximate surface area is 101 Å². The van der Waals surface area contributed by atoms with Crippen LogP contribution < -0.4 is 5.32 Å². The molecule has 0 fully saturated rings. The van der Waals surface area contributed by atoms with Crippen LogP contribution >= 0.6 is 0 Å². The zero-order valence-electron chi connectivity index (χ0n) is 10.4. The van der Waals surface area contributed by atoms with Crippen LogP contribution in [0.25, 0.3) is 0 Å². The molecule has 0 unspecified atom stereocenters. The lowest BCUT2D eigenvalue weighted by molar-refractivity contribution is -0.145. The van der Waals surface area contributed by atoms with E-state index in [1.165, 1.54) is 0 Å². The maximum atomic E-state index is 11.6. The summed E-state index contributed by atoms with van der Waals surface area (Å²) in [5.74, 6) is -1.02. The van der Waals surface area contributed by atoms with Gasteiger partial charge >= 0.3 is 12.1 Å².